The number of nitrogens with two attached hydrogens (primary N) is 1. The van der Waals surface area contributed by atoms with E-state index in [2.05, 4.69) is 15.5 Å². The molecule has 0 radical (unpaired) electrons. The van der Waals surface area contributed by atoms with Gasteiger partial charge >= 0.3 is 0 Å². The molecule has 0 spiro atoms. The molecule has 6 nitrogen and oxygen atoms in total. The summed E-state index contributed by atoms with van der Waals surface area (Å²) in [5.74, 6) is 0.656. The molecule has 2 saturated heterocycles. The van der Waals surface area contributed by atoms with Gasteiger partial charge in [0.2, 0.25) is 0 Å². The molecule has 7 heteroatoms. The fourth-order valence-electron chi connectivity index (χ4n) is 3.19. The highest BCUT2D eigenvalue weighted by Gasteiger charge is 2.43. The van der Waals surface area contributed by atoms with Gasteiger partial charge in [-0.2, -0.15) is 0 Å². The predicted octanol–water partition coefficient (Wildman–Crippen LogP) is 2.07. The topological polar surface area (TPSA) is 78.9 Å². The van der Waals surface area contributed by atoms with E-state index in [4.69, 9.17) is 22.1 Å². The van der Waals surface area contributed by atoms with Crippen LogP contribution in [0.2, 0.25) is 5.02 Å². The summed E-state index contributed by atoms with van der Waals surface area (Å²) in [5, 5.41) is 12.6. The lowest BCUT2D eigenvalue weighted by molar-refractivity contribution is 0.0922. The number of halogens is 1. The Morgan fingerprint density at radius 2 is 2.25 bits per heavy atom. The summed E-state index contributed by atoms with van der Waals surface area (Å²) >= 11 is 6.28. The van der Waals surface area contributed by atoms with Gasteiger partial charge in [0.1, 0.15) is 0 Å². The van der Waals surface area contributed by atoms with Gasteiger partial charge in [0.05, 0.1) is 29.0 Å². The minimum atomic E-state index is 0.191. The van der Waals surface area contributed by atoms with Crippen LogP contribution in [-0.2, 0) is 4.74 Å². The third-order valence-corrected chi connectivity index (χ3v) is 4.57. The first-order valence-electron chi connectivity index (χ1n) is 6.71. The molecule has 20 heavy (non-hydrogen) atoms. The largest absolute Gasteiger partial charge is 0.398 e. The number of ether oxygens (including phenoxy) is 1. The number of hydrogen-bond acceptors (Lipinski definition) is 5. The highest BCUT2D eigenvalue weighted by atomic mass is 35.5. The van der Waals surface area contributed by atoms with Gasteiger partial charge in [-0.1, -0.05) is 17.7 Å². The number of rotatable bonds is 2. The number of benzene rings is 1. The summed E-state index contributed by atoms with van der Waals surface area (Å²) < 4.78 is 7.72. The average molecular weight is 292 g/mol. The summed E-state index contributed by atoms with van der Waals surface area (Å²) in [5.41, 5.74) is 7.15. The molecule has 2 N–H and O–H groups in total. The second kappa shape index (κ2) is 4.43. The molecule has 104 valence electrons. The van der Waals surface area contributed by atoms with Gasteiger partial charge in [0, 0.05) is 5.56 Å². The molecule has 4 rings (SSSR count). The van der Waals surface area contributed by atoms with Crippen LogP contribution in [0.15, 0.2) is 18.2 Å². The third kappa shape index (κ3) is 1.72. The number of anilines is 1. The summed E-state index contributed by atoms with van der Waals surface area (Å²) in [7, 11) is 0. The van der Waals surface area contributed by atoms with Crippen molar-refractivity contribution < 1.29 is 4.74 Å². The van der Waals surface area contributed by atoms with E-state index in [1.807, 2.05) is 16.8 Å². The molecule has 3 unspecified atom stereocenters. The Balaban J connectivity index is 1.77. The van der Waals surface area contributed by atoms with E-state index in [0.717, 1.165) is 24.8 Å². The van der Waals surface area contributed by atoms with Crippen LogP contribution in [0.4, 0.5) is 5.69 Å². The molecule has 3 atom stereocenters. The number of nitrogen functional groups attached to an aromatic ring is 1. The first kappa shape index (κ1) is 12.1. The van der Waals surface area contributed by atoms with Crippen molar-refractivity contribution in [2.75, 3.05) is 5.73 Å². The number of hydrogen-bond donors (Lipinski definition) is 1. The standard InChI is InChI=1S/C13H14ClN5O/c14-12-8(2-1-3-9(12)15)13-16-17-18-19(13)10-6-7-4-5-11(10)20-7/h1-3,7,10-11H,4-6,15H2. The number of nitrogens with zero attached hydrogens (tertiary/aromatic N) is 4. The molecule has 3 heterocycles. The van der Waals surface area contributed by atoms with Crippen LogP contribution in [-0.4, -0.2) is 32.4 Å². The molecule has 0 aliphatic carbocycles. The normalized spacial score (nSPS) is 28.1. The monoisotopic (exact) mass is 291 g/mol. The Morgan fingerprint density at radius 3 is 3.00 bits per heavy atom. The quantitative estimate of drug-likeness (QED) is 0.857. The van der Waals surface area contributed by atoms with Crippen LogP contribution in [0.25, 0.3) is 11.4 Å². The molecule has 2 bridgehead atoms. The van der Waals surface area contributed by atoms with Gasteiger partial charge in [0.15, 0.2) is 5.82 Å². The van der Waals surface area contributed by atoms with Crippen LogP contribution < -0.4 is 5.73 Å². The smallest absolute Gasteiger partial charge is 0.183 e. The number of tetrazole rings is 1. The first-order chi connectivity index (χ1) is 9.74. The number of fused-ring (bicyclic) bond motifs is 2. The van der Waals surface area contributed by atoms with Gasteiger partial charge in [0.25, 0.3) is 0 Å². The van der Waals surface area contributed by atoms with Gasteiger partial charge in [-0.3, -0.25) is 0 Å². The summed E-state index contributed by atoms with van der Waals surface area (Å²) in [6.07, 6.45) is 3.72. The van der Waals surface area contributed by atoms with Crippen LogP contribution >= 0.6 is 11.6 Å². The second-order valence-electron chi connectivity index (χ2n) is 5.33. The maximum absolute atomic E-state index is 6.28. The SMILES string of the molecule is Nc1cccc(-c2nnnn2C2CC3CCC2O3)c1Cl. The number of aromatic nitrogens is 4. The predicted molar refractivity (Wildman–Crippen MR) is 74.2 cm³/mol. The molecule has 2 aliphatic heterocycles. The molecule has 2 fully saturated rings. The van der Waals surface area contributed by atoms with Crippen LogP contribution in [0.1, 0.15) is 25.3 Å². The molecule has 2 aromatic rings. The van der Waals surface area contributed by atoms with Crippen molar-refractivity contribution >= 4 is 17.3 Å². The molecule has 1 aromatic carbocycles. The zero-order valence-corrected chi connectivity index (χ0v) is 11.5. The summed E-state index contributed by atoms with van der Waals surface area (Å²) in [6, 6.07) is 5.69. The Labute approximate surface area is 120 Å². The van der Waals surface area contributed by atoms with Gasteiger partial charge in [-0.15, -0.1) is 5.10 Å². The lowest BCUT2D eigenvalue weighted by atomic mass is 9.95. The molecular weight excluding hydrogens is 278 g/mol. The Bertz CT molecular complexity index is 658. The lowest BCUT2D eigenvalue weighted by Crippen LogP contribution is -2.23. The summed E-state index contributed by atoms with van der Waals surface area (Å²) in [4.78, 5) is 0. The van der Waals surface area contributed by atoms with E-state index in [1.165, 1.54) is 0 Å². The van der Waals surface area contributed by atoms with Crippen molar-refractivity contribution in [2.24, 2.45) is 0 Å². The minimum Gasteiger partial charge on any atom is -0.398 e. The van der Waals surface area contributed by atoms with Crippen LogP contribution in [0, 0.1) is 0 Å². The molecule has 0 saturated carbocycles. The maximum atomic E-state index is 6.28. The highest BCUT2D eigenvalue weighted by molar-refractivity contribution is 6.35. The zero-order valence-electron chi connectivity index (χ0n) is 10.7. The van der Waals surface area contributed by atoms with Gasteiger partial charge in [-0.25, -0.2) is 4.68 Å². The van der Waals surface area contributed by atoms with E-state index in [1.54, 1.807) is 6.07 Å². The van der Waals surface area contributed by atoms with Crippen molar-refractivity contribution in [1.29, 1.82) is 0 Å². The maximum Gasteiger partial charge on any atom is 0.183 e. The van der Waals surface area contributed by atoms with Crippen LogP contribution in [0.5, 0.6) is 0 Å². The second-order valence-corrected chi connectivity index (χ2v) is 5.71. The third-order valence-electron chi connectivity index (χ3n) is 4.15. The van der Waals surface area contributed by atoms with E-state index >= 15 is 0 Å². The minimum absolute atomic E-state index is 0.191. The fourth-order valence-corrected chi connectivity index (χ4v) is 3.40. The Kier molecular flexibility index (Phi) is 2.68. The van der Waals surface area contributed by atoms with Crippen molar-refractivity contribution in [1.82, 2.24) is 20.2 Å². The molecular formula is C13H14ClN5O. The van der Waals surface area contributed by atoms with Gasteiger partial charge < -0.3 is 10.5 Å². The van der Waals surface area contributed by atoms with Gasteiger partial charge in [-0.05, 0) is 41.8 Å². The average Bonchev–Trinajstić information content (AvgIpc) is 3.15. The first-order valence-corrected chi connectivity index (χ1v) is 7.09. The van der Waals surface area contributed by atoms with E-state index < -0.39 is 0 Å². The Hall–Kier alpha value is -1.66. The highest BCUT2D eigenvalue weighted by Crippen LogP contribution is 2.43. The van der Waals surface area contributed by atoms with E-state index in [9.17, 15) is 0 Å². The molecule has 1 aromatic heterocycles. The van der Waals surface area contributed by atoms with E-state index in [-0.39, 0.29) is 12.1 Å². The van der Waals surface area contributed by atoms with Crippen molar-refractivity contribution in [3.63, 3.8) is 0 Å². The molecule has 2 aliphatic rings. The van der Waals surface area contributed by atoms with Crippen molar-refractivity contribution in [2.45, 2.75) is 37.5 Å². The van der Waals surface area contributed by atoms with E-state index in [0.29, 0.717) is 22.6 Å². The summed E-state index contributed by atoms with van der Waals surface area (Å²) in [6.45, 7) is 0. The lowest BCUT2D eigenvalue weighted by Gasteiger charge is -2.19. The zero-order chi connectivity index (χ0) is 13.7. The molecule has 0 amide bonds. The van der Waals surface area contributed by atoms with Crippen molar-refractivity contribution in [3.8, 4) is 11.4 Å². The fraction of sp³-hybridized carbons (Fsp3) is 0.462. The van der Waals surface area contributed by atoms with Crippen LogP contribution in [0.3, 0.4) is 0 Å². The Morgan fingerprint density at radius 1 is 1.35 bits per heavy atom. The van der Waals surface area contributed by atoms with Crippen molar-refractivity contribution in [3.05, 3.63) is 23.2 Å².